The van der Waals surface area contributed by atoms with E-state index in [0.717, 1.165) is 10.9 Å². The summed E-state index contributed by atoms with van der Waals surface area (Å²) < 4.78 is 10.6. The zero-order chi connectivity index (χ0) is 15.0. The number of nitrogens with zero attached hydrogens (tertiary/aromatic N) is 3. The van der Waals surface area contributed by atoms with E-state index in [4.69, 9.17) is 15.7 Å². The van der Waals surface area contributed by atoms with Crippen LogP contribution in [0.5, 0.6) is 0 Å². The quantitative estimate of drug-likeness (QED) is 0.733. The molecular formula is C14H10N4O2S. The monoisotopic (exact) mass is 298 g/mol. The highest BCUT2D eigenvalue weighted by molar-refractivity contribution is 7.04. The van der Waals surface area contributed by atoms with Crippen LogP contribution < -0.4 is 5.73 Å². The van der Waals surface area contributed by atoms with Crippen molar-refractivity contribution in [2.24, 2.45) is 0 Å². The Bertz CT molecular complexity index is 888. The highest BCUT2D eigenvalue weighted by atomic mass is 32.1. The Morgan fingerprint density at radius 3 is 3.05 bits per heavy atom. The minimum absolute atomic E-state index is 0.114. The van der Waals surface area contributed by atoms with E-state index in [1.807, 2.05) is 29.6 Å². The molecule has 2 aromatic heterocycles. The number of esters is 1. The van der Waals surface area contributed by atoms with Gasteiger partial charge in [0.05, 0.1) is 23.9 Å². The first-order valence-electron chi connectivity index (χ1n) is 5.99. The molecule has 0 saturated heterocycles. The van der Waals surface area contributed by atoms with E-state index < -0.39 is 5.97 Å². The van der Waals surface area contributed by atoms with Gasteiger partial charge in [-0.05, 0) is 29.7 Å². The predicted octanol–water partition coefficient (Wildman–Crippen LogP) is 2.33. The Kier molecular flexibility index (Phi) is 3.08. The van der Waals surface area contributed by atoms with Crippen LogP contribution in [0.1, 0.15) is 16.1 Å². The van der Waals surface area contributed by atoms with Gasteiger partial charge in [-0.1, -0.05) is 0 Å². The molecule has 1 aromatic carbocycles. The highest BCUT2D eigenvalue weighted by Gasteiger charge is 2.21. The summed E-state index contributed by atoms with van der Waals surface area (Å²) >= 11 is 1.36. The van der Waals surface area contributed by atoms with Gasteiger partial charge in [-0.3, -0.25) is 0 Å². The molecule has 0 radical (unpaired) electrons. The number of hydrogen-bond donors (Lipinski definition) is 1. The van der Waals surface area contributed by atoms with Crippen molar-refractivity contribution in [3.8, 4) is 11.8 Å². The van der Waals surface area contributed by atoms with Crippen LogP contribution in [0, 0.1) is 11.3 Å². The molecule has 3 aromatic rings. The number of nitrogens with two attached hydrogens (primary N) is 1. The van der Waals surface area contributed by atoms with E-state index in [2.05, 4.69) is 4.37 Å². The van der Waals surface area contributed by atoms with Gasteiger partial charge in [0.1, 0.15) is 6.07 Å². The first kappa shape index (κ1) is 13.1. The van der Waals surface area contributed by atoms with Gasteiger partial charge in [-0.25, -0.2) is 4.79 Å². The molecule has 0 aliphatic rings. The van der Waals surface area contributed by atoms with Crippen molar-refractivity contribution in [1.29, 1.82) is 5.26 Å². The van der Waals surface area contributed by atoms with Gasteiger partial charge in [0.2, 0.25) is 0 Å². The number of rotatable bonds is 2. The fourth-order valence-electron chi connectivity index (χ4n) is 2.12. The zero-order valence-corrected chi connectivity index (χ0v) is 11.8. The van der Waals surface area contributed by atoms with Crippen molar-refractivity contribution in [2.75, 3.05) is 12.8 Å². The van der Waals surface area contributed by atoms with Crippen molar-refractivity contribution >= 4 is 34.1 Å². The summed E-state index contributed by atoms with van der Waals surface area (Å²) in [5, 5.41) is 12.0. The van der Waals surface area contributed by atoms with Crippen LogP contribution in [0.2, 0.25) is 0 Å². The summed E-state index contributed by atoms with van der Waals surface area (Å²) in [6, 6.07) is 7.54. The number of ether oxygens (including phenoxy) is 1. The Balaban J connectivity index is 2.25. The van der Waals surface area contributed by atoms with Crippen LogP contribution >= 0.6 is 11.5 Å². The molecule has 0 aliphatic carbocycles. The van der Waals surface area contributed by atoms with E-state index in [1.165, 1.54) is 24.8 Å². The molecular weight excluding hydrogens is 288 g/mol. The van der Waals surface area contributed by atoms with Crippen LogP contribution in [0.25, 0.3) is 16.6 Å². The molecule has 6 nitrogen and oxygen atoms in total. The Morgan fingerprint density at radius 2 is 2.33 bits per heavy atom. The number of methoxy groups -OCH3 is 1. The standard InChI is InChI=1S/C14H10N4O2S/c1-20-14(19)13-12(16)9(5-15)6-18(13)10-3-2-8-7-21-17-11(8)4-10/h2-4,6-7H,16H2,1H3. The fourth-order valence-corrected chi connectivity index (χ4v) is 2.76. The lowest BCUT2D eigenvalue weighted by Gasteiger charge is -2.08. The molecule has 0 aliphatic heterocycles. The van der Waals surface area contributed by atoms with Crippen LogP contribution in [0.4, 0.5) is 5.69 Å². The van der Waals surface area contributed by atoms with Crippen LogP contribution in [0.15, 0.2) is 29.8 Å². The van der Waals surface area contributed by atoms with Crippen molar-refractivity contribution < 1.29 is 9.53 Å². The lowest BCUT2D eigenvalue weighted by molar-refractivity contribution is 0.0593. The number of hydrogen-bond acceptors (Lipinski definition) is 6. The van der Waals surface area contributed by atoms with Gasteiger partial charge in [-0.2, -0.15) is 9.64 Å². The van der Waals surface area contributed by atoms with E-state index >= 15 is 0 Å². The Labute approximate surface area is 124 Å². The van der Waals surface area contributed by atoms with Crippen molar-refractivity contribution in [3.63, 3.8) is 0 Å². The maximum absolute atomic E-state index is 11.9. The van der Waals surface area contributed by atoms with E-state index in [9.17, 15) is 4.79 Å². The third kappa shape index (κ3) is 2.02. The molecule has 2 heterocycles. The fraction of sp³-hybridized carbons (Fsp3) is 0.0714. The normalized spacial score (nSPS) is 10.5. The minimum Gasteiger partial charge on any atom is -0.464 e. The second-order valence-corrected chi connectivity index (χ2v) is 4.97. The average molecular weight is 298 g/mol. The lowest BCUT2D eigenvalue weighted by Crippen LogP contribution is -2.11. The molecule has 21 heavy (non-hydrogen) atoms. The summed E-state index contributed by atoms with van der Waals surface area (Å²) in [6.07, 6.45) is 1.52. The van der Waals surface area contributed by atoms with Crippen molar-refractivity contribution in [3.05, 3.63) is 41.0 Å². The number of anilines is 1. The Hall–Kier alpha value is -2.85. The summed E-state index contributed by atoms with van der Waals surface area (Å²) in [4.78, 5) is 11.9. The second-order valence-electron chi connectivity index (χ2n) is 4.34. The molecule has 0 atom stereocenters. The summed E-state index contributed by atoms with van der Waals surface area (Å²) in [6.45, 7) is 0. The summed E-state index contributed by atoms with van der Waals surface area (Å²) in [5.41, 5.74) is 7.86. The third-order valence-corrected chi connectivity index (χ3v) is 3.83. The van der Waals surface area contributed by atoms with Gasteiger partial charge in [0, 0.05) is 22.7 Å². The number of fused-ring (bicyclic) bond motifs is 1. The molecule has 2 N–H and O–H groups in total. The molecule has 104 valence electrons. The molecule has 0 saturated carbocycles. The number of carbonyl (C=O) groups excluding carboxylic acids is 1. The van der Waals surface area contributed by atoms with Gasteiger partial charge in [0.15, 0.2) is 5.69 Å². The molecule has 0 fully saturated rings. The van der Waals surface area contributed by atoms with E-state index in [1.54, 1.807) is 4.57 Å². The number of benzene rings is 1. The second kappa shape index (κ2) is 4.92. The molecule has 0 bridgehead atoms. The summed E-state index contributed by atoms with van der Waals surface area (Å²) in [7, 11) is 1.27. The largest absolute Gasteiger partial charge is 0.464 e. The van der Waals surface area contributed by atoms with Gasteiger partial charge in [0.25, 0.3) is 0 Å². The highest BCUT2D eigenvalue weighted by Crippen LogP contribution is 2.26. The number of carbonyl (C=O) groups is 1. The van der Waals surface area contributed by atoms with Gasteiger partial charge < -0.3 is 15.0 Å². The van der Waals surface area contributed by atoms with Crippen molar-refractivity contribution in [1.82, 2.24) is 8.94 Å². The molecule has 3 rings (SSSR count). The third-order valence-electron chi connectivity index (χ3n) is 3.17. The maximum Gasteiger partial charge on any atom is 0.357 e. The number of nitriles is 1. The Morgan fingerprint density at radius 1 is 1.52 bits per heavy atom. The van der Waals surface area contributed by atoms with Crippen LogP contribution in [-0.4, -0.2) is 22.0 Å². The van der Waals surface area contributed by atoms with Gasteiger partial charge >= 0.3 is 5.97 Å². The molecule has 0 unspecified atom stereocenters. The minimum atomic E-state index is -0.590. The first-order valence-corrected chi connectivity index (χ1v) is 6.83. The number of aromatic nitrogens is 2. The van der Waals surface area contributed by atoms with Crippen molar-refractivity contribution in [2.45, 2.75) is 0 Å². The molecule has 7 heteroatoms. The smallest absolute Gasteiger partial charge is 0.357 e. The van der Waals surface area contributed by atoms with E-state index in [0.29, 0.717) is 5.69 Å². The molecule has 0 amide bonds. The predicted molar refractivity (Wildman–Crippen MR) is 79.4 cm³/mol. The zero-order valence-electron chi connectivity index (χ0n) is 11.0. The maximum atomic E-state index is 11.9. The lowest BCUT2D eigenvalue weighted by atomic mass is 10.2. The first-order chi connectivity index (χ1) is 10.2. The molecule has 0 spiro atoms. The SMILES string of the molecule is COC(=O)c1c(N)c(C#N)cn1-c1ccc2csnc2c1. The van der Waals surface area contributed by atoms with Crippen LogP contribution in [0.3, 0.4) is 0 Å². The number of nitrogen functional groups attached to an aromatic ring is 1. The average Bonchev–Trinajstić information content (AvgIpc) is 3.09. The van der Waals surface area contributed by atoms with Crippen LogP contribution in [-0.2, 0) is 4.74 Å². The topological polar surface area (TPSA) is 93.9 Å². The summed E-state index contributed by atoms with van der Waals surface area (Å²) in [5.74, 6) is -0.590. The van der Waals surface area contributed by atoms with E-state index in [-0.39, 0.29) is 16.9 Å². The van der Waals surface area contributed by atoms with Gasteiger partial charge in [-0.15, -0.1) is 0 Å².